The van der Waals surface area contributed by atoms with Gasteiger partial charge in [-0.25, -0.2) is 9.59 Å². The number of aromatic nitrogens is 1. The van der Waals surface area contributed by atoms with Crippen LogP contribution >= 0.6 is 0 Å². The van der Waals surface area contributed by atoms with Gasteiger partial charge in [0.2, 0.25) is 0 Å². The van der Waals surface area contributed by atoms with Crippen molar-refractivity contribution in [2.24, 2.45) is 0 Å². The van der Waals surface area contributed by atoms with Gasteiger partial charge in [-0.2, -0.15) is 0 Å². The molecule has 0 unspecified atom stereocenters. The van der Waals surface area contributed by atoms with Crippen molar-refractivity contribution in [1.29, 1.82) is 0 Å². The molecule has 0 aliphatic heterocycles. The normalized spacial score (nSPS) is 11.6. The van der Waals surface area contributed by atoms with Gasteiger partial charge in [-0.05, 0) is 38.3 Å². The molecule has 0 aliphatic rings. The second kappa shape index (κ2) is 4.73. The van der Waals surface area contributed by atoms with Gasteiger partial charge in [-0.3, -0.25) is 9.36 Å². The molecule has 0 aliphatic carbocycles. The van der Waals surface area contributed by atoms with E-state index in [1.807, 2.05) is 6.92 Å². The molecular weight excluding hydrogens is 274 g/mol. The van der Waals surface area contributed by atoms with E-state index in [-0.39, 0.29) is 5.69 Å². The Morgan fingerprint density at radius 3 is 2.29 bits per heavy atom. The number of hydrogen-bond donors (Lipinski definition) is 2. The lowest BCUT2D eigenvalue weighted by Crippen LogP contribution is -2.45. The Morgan fingerprint density at radius 1 is 1.14 bits per heavy atom. The first-order chi connectivity index (χ1) is 9.66. The molecule has 0 saturated heterocycles. The van der Waals surface area contributed by atoms with E-state index in [2.05, 4.69) is 0 Å². The molecule has 2 aromatic rings. The summed E-state index contributed by atoms with van der Waals surface area (Å²) in [6, 6.07) is 6.33. The van der Waals surface area contributed by atoms with Gasteiger partial charge >= 0.3 is 11.9 Å². The van der Waals surface area contributed by atoms with Gasteiger partial charge in [0.1, 0.15) is 11.2 Å². The molecule has 21 heavy (non-hydrogen) atoms. The highest BCUT2D eigenvalue weighted by atomic mass is 16.4. The Kier molecular flexibility index (Phi) is 3.33. The van der Waals surface area contributed by atoms with Crippen LogP contribution < -0.4 is 5.56 Å². The van der Waals surface area contributed by atoms with Gasteiger partial charge in [-0.15, -0.1) is 0 Å². The number of hydrogen-bond acceptors (Lipinski definition) is 3. The summed E-state index contributed by atoms with van der Waals surface area (Å²) >= 11 is 0. The summed E-state index contributed by atoms with van der Waals surface area (Å²) in [5.74, 6) is -2.62. The molecule has 1 aromatic heterocycles. The minimum absolute atomic E-state index is 0.292. The lowest BCUT2D eigenvalue weighted by atomic mass is 10.0. The van der Waals surface area contributed by atoms with Crippen LogP contribution in [0.25, 0.3) is 10.8 Å². The molecule has 0 radical (unpaired) electrons. The number of rotatable bonds is 3. The van der Waals surface area contributed by atoms with Crippen LogP contribution in [-0.4, -0.2) is 26.7 Å². The van der Waals surface area contributed by atoms with E-state index >= 15 is 0 Å². The number of carboxylic acids is 2. The molecule has 0 spiro atoms. The molecule has 110 valence electrons. The van der Waals surface area contributed by atoms with Crippen molar-refractivity contribution in [1.82, 2.24) is 4.57 Å². The molecule has 0 saturated carbocycles. The van der Waals surface area contributed by atoms with Gasteiger partial charge in [0.05, 0.1) is 0 Å². The van der Waals surface area contributed by atoms with Crippen LogP contribution in [0.1, 0.15) is 29.9 Å². The third-order valence-corrected chi connectivity index (χ3v) is 3.48. The van der Waals surface area contributed by atoms with Crippen LogP contribution in [0.5, 0.6) is 0 Å². The highest BCUT2D eigenvalue weighted by Crippen LogP contribution is 2.21. The second-order valence-corrected chi connectivity index (χ2v) is 5.43. The average Bonchev–Trinajstić information content (AvgIpc) is 2.37. The van der Waals surface area contributed by atoms with Crippen molar-refractivity contribution in [3.63, 3.8) is 0 Å². The maximum atomic E-state index is 12.6. The van der Waals surface area contributed by atoms with Gasteiger partial charge < -0.3 is 10.2 Å². The predicted octanol–water partition coefficient (Wildman–Crippen LogP) is 1.83. The van der Waals surface area contributed by atoms with Crippen LogP contribution in [0.2, 0.25) is 0 Å². The molecule has 1 heterocycles. The van der Waals surface area contributed by atoms with E-state index in [1.54, 1.807) is 18.2 Å². The Bertz CT molecular complexity index is 817. The van der Waals surface area contributed by atoms with Crippen LogP contribution in [0.3, 0.4) is 0 Å². The zero-order chi connectivity index (χ0) is 15.9. The van der Waals surface area contributed by atoms with Crippen molar-refractivity contribution >= 4 is 22.7 Å². The second-order valence-electron chi connectivity index (χ2n) is 5.43. The van der Waals surface area contributed by atoms with Crippen molar-refractivity contribution in [2.45, 2.75) is 26.3 Å². The number of carbonyl (C=O) groups is 2. The average molecular weight is 289 g/mol. The number of aromatic carboxylic acids is 1. The van der Waals surface area contributed by atoms with Gasteiger partial charge in [0, 0.05) is 5.39 Å². The summed E-state index contributed by atoms with van der Waals surface area (Å²) in [7, 11) is 0. The van der Waals surface area contributed by atoms with E-state index in [0.29, 0.717) is 10.8 Å². The minimum atomic E-state index is -1.66. The first-order valence-electron chi connectivity index (χ1n) is 6.30. The maximum Gasteiger partial charge on any atom is 0.352 e. The fraction of sp³-hybridized carbons (Fsp3) is 0.267. The summed E-state index contributed by atoms with van der Waals surface area (Å²) in [6.07, 6.45) is 0. The summed E-state index contributed by atoms with van der Waals surface area (Å²) in [5, 5.41) is 19.4. The number of nitrogens with zero attached hydrogens (tertiary/aromatic N) is 1. The Labute approximate surface area is 120 Å². The number of pyridine rings is 1. The van der Waals surface area contributed by atoms with Crippen molar-refractivity contribution in [3.05, 3.63) is 45.9 Å². The molecule has 6 nitrogen and oxygen atoms in total. The first-order valence-corrected chi connectivity index (χ1v) is 6.30. The molecule has 0 bridgehead atoms. The number of carboxylic acid groups (broad SMARTS) is 2. The van der Waals surface area contributed by atoms with Gasteiger partial charge in [0.15, 0.2) is 0 Å². The molecule has 0 fully saturated rings. The van der Waals surface area contributed by atoms with Crippen molar-refractivity contribution in [2.75, 3.05) is 0 Å². The molecule has 1 aromatic carbocycles. The van der Waals surface area contributed by atoms with Crippen LogP contribution in [0.4, 0.5) is 0 Å². The third-order valence-electron chi connectivity index (χ3n) is 3.48. The van der Waals surface area contributed by atoms with E-state index in [4.69, 9.17) is 0 Å². The minimum Gasteiger partial charge on any atom is -0.480 e. The number of aliphatic carboxylic acids is 1. The summed E-state index contributed by atoms with van der Waals surface area (Å²) in [6.45, 7) is 4.42. The Morgan fingerprint density at radius 2 is 1.76 bits per heavy atom. The highest BCUT2D eigenvalue weighted by molar-refractivity contribution is 5.93. The molecule has 2 rings (SSSR count). The SMILES string of the molecule is Cc1ccc2c(=O)n(C(C)(C)C(=O)O)c(C(=O)O)cc2c1. The van der Waals surface area contributed by atoms with Crippen LogP contribution in [0.15, 0.2) is 29.1 Å². The predicted molar refractivity (Wildman–Crippen MR) is 76.9 cm³/mol. The smallest absolute Gasteiger partial charge is 0.352 e. The van der Waals surface area contributed by atoms with E-state index < -0.39 is 23.0 Å². The molecule has 2 N–H and O–H groups in total. The number of fused-ring (bicyclic) bond motifs is 1. The van der Waals surface area contributed by atoms with E-state index in [0.717, 1.165) is 10.1 Å². The van der Waals surface area contributed by atoms with Crippen LogP contribution in [-0.2, 0) is 10.3 Å². The monoisotopic (exact) mass is 289 g/mol. The fourth-order valence-corrected chi connectivity index (χ4v) is 2.25. The van der Waals surface area contributed by atoms with E-state index in [1.165, 1.54) is 19.9 Å². The fourth-order valence-electron chi connectivity index (χ4n) is 2.25. The van der Waals surface area contributed by atoms with Crippen molar-refractivity contribution in [3.8, 4) is 0 Å². The summed E-state index contributed by atoms with van der Waals surface area (Å²) in [5.41, 5.74) is -1.75. The first kappa shape index (κ1) is 14.8. The highest BCUT2D eigenvalue weighted by Gasteiger charge is 2.34. The van der Waals surface area contributed by atoms with Crippen molar-refractivity contribution < 1.29 is 19.8 Å². The number of aryl methyl sites for hydroxylation is 1. The quantitative estimate of drug-likeness (QED) is 0.898. The summed E-state index contributed by atoms with van der Waals surface area (Å²) < 4.78 is 0.815. The lowest BCUT2D eigenvalue weighted by molar-refractivity contribution is -0.145. The zero-order valence-electron chi connectivity index (χ0n) is 11.9. The van der Waals surface area contributed by atoms with E-state index in [9.17, 15) is 24.6 Å². The third kappa shape index (κ3) is 2.29. The lowest BCUT2D eigenvalue weighted by Gasteiger charge is -2.25. The Balaban J connectivity index is 2.99. The standard InChI is InChI=1S/C15H15NO5/c1-8-4-5-10-9(6-8)7-11(13(18)19)16(12(10)17)15(2,3)14(20)21/h4-7H,1-3H3,(H,18,19)(H,20,21). The van der Waals surface area contributed by atoms with Gasteiger partial charge in [-0.1, -0.05) is 17.7 Å². The maximum absolute atomic E-state index is 12.6. The Hall–Kier alpha value is -2.63. The topological polar surface area (TPSA) is 96.6 Å². The van der Waals surface area contributed by atoms with Gasteiger partial charge in [0.25, 0.3) is 5.56 Å². The summed E-state index contributed by atoms with van der Waals surface area (Å²) in [4.78, 5) is 35.4. The molecule has 6 heteroatoms. The molecular formula is C15H15NO5. The zero-order valence-corrected chi connectivity index (χ0v) is 11.9. The largest absolute Gasteiger partial charge is 0.480 e. The molecule has 0 amide bonds. The van der Waals surface area contributed by atoms with Crippen LogP contribution in [0, 0.1) is 6.92 Å². The molecule has 0 atom stereocenters. The number of benzene rings is 1.